The zero-order valence-electron chi connectivity index (χ0n) is 14.8. The molecule has 0 unspecified atom stereocenters. The van der Waals surface area contributed by atoms with Crippen LogP contribution >= 0.6 is 0 Å². The van der Waals surface area contributed by atoms with E-state index in [2.05, 4.69) is 35.3 Å². The van der Waals surface area contributed by atoms with Crippen LogP contribution in [0.2, 0.25) is 0 Å². The maximum atomic E-state index is 11.7. The monoisotopic (exact) mass is 344 g/mol. The molecule has 26 heavy (non-hydrogen) atoms. The summed E-state index contributed by atoms with van der Waals surface area (Å²) in [5, 5.41) is 7.45. The summed E-state index contributed by atoms with van der Waals surface area (Å²) < 4.78 is 0. The van der Waals surface area contributed by atoms with Crippen molar-refractivity contribution < 1.29 is 4.79 Å². The Morgan fingerprint density at radius 1 is 1.12 bits per heavy atom. The highest BCUT2D eigenvalue weighted by atomic mass is 16.1. The number of nitrogens with one attached hydrogen (secondary N) is 1. The zero-order chi connectivity index (χ0) is 18.3. The number of H-pyrrole nitrogens is 1. The number of carbonyl (C=O) groups is 1. The summed E-state index contributed by atoms with van der Waals surface area (Å²) in [6.07, 6.45) is 0.137. The van der Waals surface area contributed by atoms with Crippen LogP contribution < -0.4 is 5.73 Å². The Morgan fingerprint density at radius 2 is 1.88 bits per heavy atom. The number of nitrogens with two attached hydrogens (primary N) is 1. The van der Waals surface area contributed by atoms with Crippen LogP contribution in [0.5, 0.6) is 0 Å². The number of aryl methyl sites for hydroxylation is 2. The molecule has 4 rings (SSSR count). The third kappa shape index (κ3) is 2.71. The van der Waals surface area contributed by atoms with Crippen molar-refractivity contribution in [3.05, 3.63) is 76.6 Å². The van der Waals surface area contributed by atoms with Gasteiger partial charge in [0.25, 0.3) is 0 Å². The van der Waals surface area contributed by atoms with Crippen molar-refractivity contribution in [2.24, 2.45) is 10.7 Å². The van der Waals surface area contributed by atoms with Gasteiger partial charge < -0.3 is 5.73 Å². The Balaban J connectivity index is 2.04. The Hall–Kier alpha value is -3.21. The molecule has 3 N–H and O–H groups in total. The normalized spacial score (nSPS) is 15.6. The molecule has 0 saturated heterocycles. The van der Waals surface area contributed by atoms with Gasteiger partial charge in [0.05, 0.1) is 23.5 Å². The molecule has 0 bridgehead atoms. The number of primary amides is 1. The topological polar surface area (TPSA) is 84.1 Å². The van der Waals surface area contributed by atoms with Gasteiger partial charge in [-0.2, -0.15) is 5.10 Å². The number of fused-ring (bicyclic) bond motifs is 3. The minimum absolute atomic E-state index is 0.137. The van der Waals surface area contributed by atoms with E-state index in [-0.39, 0.29) is 18.4 Å². The molecule has 0 fully saturated rings. The number of hydrogen-bond donors (Lipinski definition) is 2. The summed E-state index contributed by atoms with van der Waals surface area (Å²) in [4.78, 5) is 16.7. The zero-order valence-corrected chi connectivity index (χ0v) is 14.8. The molecule has 5 heteroatoms. The van der Waals surface area contributed by atoms with E-state index in [9.17, 15) is 4.79 Å². The molecule has 0 radical (unpaired) electrons. The molecule has 0 aliphatic carbocycles. The molecule has 3 aromatic rings. The van der Waals surface area contributed by atoms with Crippen LogP contribution in [0.3, 0.4) is 0 Å². The molecule has 1 amide bonds. The number of nitrogens with zero attached hydrogens (tertiary/aromatic N) is 2. The van der Waals surface area contributed by atoms with Crippen LogP contribution in [0.15, 0.2) is 53.5 Å². The van der Waals surface area contributed by atoms with Crippen LogP contribution in [0.25, 0.3) is 11.1 Å². The third-order valence-electron chi connectivity index (χ3n) is 4.73. The summed E-state index contributed by atoms with van der Waals surface area (Å²) in [5.41, 5.74) is 13.4. The van der Waals surface area contributed by atoms with Gasteiger partial charge in [0, 0.05) is 16.7 Å². The van der Waals surface area contributed by atoms with E-state index in [1.807, 2.05) is 37.3 Å². The predicted octanol–water partition coefficient (Wildman–Crippen LogP) is 3.46. The molecule has 2 heterocycles. The lowest BCUT2D eigenvalue weighted by Gasteiger charge is -2.12. The molecule has 1 aromatic heterocycles. The van der Waals surface area contributed by atoms with Crippen LogP contribution in [-0.2, 0) is 4.79 Å². The van der Waals surface area contributed by atoms with Gasteiger partial charge >= 0.3 is 0 Å². The molecule has 5 nitrogen and oxygen atoms in total. The van der Waals surface area contributed by atoms with E-state index in [1.54, 1.807) is 0 Å². The van der Waals surface area contributed by atoms with Gasteiger partial charge in [-0.25, -0.2) is 0 Å². The number of aromatic nitrogens is 2. The summed E-state index contributed by atoms with van der Waals surface area (Å²) in [6.45, 7) is 4.03. The van der Waals surface area contributed by atoms with Gasteiger partial charge in [-0.15, -0.1) is 0 Å². The van der Waals surface area contributed by atoms with Crippen molar-refractivity contribution >= 4 is 11.6 Å². The maximum absolute atomic E-state index is 11.7. The lowest BCUT2D eigenvalue weighted by atomic mass is 9.91. The number of hydrogen-bond acceptors (Lipinski definition) is 3. The standard InChI is InChI=1S/C21H20N4O/c1-12-8-9-15-16(10-12)20(14-6-4-3-5-7-14)23-17(11-18(22)26)21-19(15)13(2)24-25-21/h3-10,17H,11H2,1-2H3,(H2,22,26)(H,24,25)/t17-/m0/s1. The second-order valence-corrected chi connectivity index (χ2v) is 6.68. The Labute approximate surface area is 152 Å². The van der Waals surface area contributed by atoms with Gasteiger partial charge in [-0.3, -0.25) is 14.9 Å². The molecular weight excluding hydrogens is 324 g/mol. The van der Waals surface area contributed by atoms with Crippen molar-refractivity contribution in [2.75, 3.05) is 0 Å². The highest BCUT2D eigenvalue weighted by Gasteiger charge is 2.29. The van der Waals surface area contributed by atoms with E-state index < -0.39 is 0 Å². The van der Waals surface area contributed by atoms with Crippen molar-refractivity contribution in [1.82, 2.24) is 10.2 Å². The van der Waals surface area contributed by atoms with Crippen LogP contribution in [0.1, 0.15) is 40.5 Å². The average Bonchev–Trinajstić information content (AvgIpc) is 2.94. The average molecular weight is 344 g/mol. The largest absolute Gasteiger partial charge is 0.370 e. The maximum Gasteiger partial charge on any atom is 0.219 e. The number of aromatic amines is 1. The van der Waals surface area contributed by atoms with Crippen LogP contribution in [-0.4, -0.2) is 21.8 Å². The van der Waals surface area contributed by atoms with Crippen LogP contribution in [0, 0.1) is 13.8 Å². The molecule has 0 spiro atoms. The molecule has 1 atom stereocenters. The highest BCUT2D eigenvalue weighted by Crippen LogP contribution is 2.39. The highest BCUT2D eigenvalue weighted by molar-refractivity contribution is 6.17. The van der Waals surface area contributed by atoms with E-state index in [4.69, 9.17) is 10.7 Å². The first kappa shape index (κ1) is 16.3. The van der Waals surface area contributed by atoms with Crippen molar-refractivity contribution in [3.8, 4) is 11.1 Å². The fraction of sp³-hybridized carbons (Fsp3) is 0.190. The van der Waals surface area contributed by atoms with E-state index in [1.165, 1.54) is 0 Å². The molecule has 0 saturated carbocycles. The van der Waals surface area contributed by atoms with Crippen LogP contribution in [0.4, 0.5) is 0 Å². The van der Waals surface area contributed by atoms with Crippen molar-refractivity contribution in [1.29, 1.82) is 0 Å². The quantitative estimate of drug-likeness (QED) is 0.762. The lowest BCUT2D eigenvalue weighted by molar-refractivity contribution is -0.118. The van der Waals surface area contributed by atoms with Crippen molar-refractivity contribution in [3.63, 3.8) is 0 Å². The number of rotatable bonds is 3. The SMILES string of the molecule is Cc1ccc2c(c1)C(c1ccccc1)=N[C@@H](CC(N)=O)c1[nH]nc(C)c1-2. The fourth-order valence-corrected chi connectivity index (χ4v) is 3.56. The number of aliphatic imine (C=N–C) groups is 1. The number of benzene rings is 2. The summed E-state index contributed by atoms with van der Waals surface area (Å²) in [7, 11) is 0. The van der Waals surface area contributed by atoms with E-state index in [0.29, 0.717) is 0 Å². The first-order chi connectivity index (χ1) is 12.5. The molecular formula is C21H20N4O. The summed E-state index contributed by atoms with van der Waals surface area (Å²) in [5.74, 6) is -0.383. The number of amides is 1. The number of carbonyl (C=O) groups excluding carboxylic acids is 1. The minimum Gasteiger partial charge on any atom is -0.370 e. The minimum atomic E-state index is -0.383. The van der Waals surface area contributed by atoms with Gasteiger partial charge in [0.15, 0.2) is 0 Å². The van der Waals surface area contributed by atoms with Gasteiger partial charge in [0.1, 0.15) is 6.04 Å². The third-order valence-corrected chi connectivity index (χ3v) is 4.73. The summed E-state index contributed by atoms with van der Waals surface area (Å²) >= 11 is 0. The second-order valence-electron chi connectivity index (χ2n) is 6.68. The van der Waals surface area contributed by atoms with Gasteiger partial charge in [-0.05, 0) is 25.5 Å². The van der Waals surface area contributed by atoms with E-state index >= 15 is 0 Å². The van der Waals surface area contributed by atoms with Crippen molar-refractivity contribution in [2.45, 2.75) is 26.3 Å². The lowest BCUT2D eigenvalue weighted by Crippen LogP contribution is -2.16. The second kappa shape index (κ2) is 6.26. The molecule has 1 aliphatic heterocycles. The van der Waals surface area contributed by atoms with E-state index in [0.717, 1.165) is 44.9 Å². The first-order valence-electron chi connectivity index (χ1n) is 8.62. The molecule has 1 aliphatic rings. The Bertz CT molecular complexity index is 1020. The first-order valence-corrected chi connectivity index (χ1v) is 8.62. The fourth-order valence-electron chi connectivity index (χ4n) is 3.56. The smallest absolute Gasteiger partial charge is 0.219 e. The Kier molecular flexibility index (Phi) is 3.92. The summed E-state index contributed by atoms with van der Waals surface area (Å²) in [6, 6.07) is 16.0. The van der Waals surface area contributed by atoms with Gasteiger partial charge in [-0.1, -0.05) is 48.0 Å². The Morgan fingerprint density at radius 3 is 2.62 bits per heavy atom. The molecule has 2 aromatic carbocycles. The predicted molar refractivity (Wildman–Crippen MR) is 102 cm³/mol. The van der Waals surface area contributed by atoms with Gasteiger partial charge in [0.2, 0.25) is 5.91 Å². The molecule has 130 valence electrons.